The minimum atomic E-state index is -0.151. The van der Waals surface area contributed by atoms with Gasteiger partial charge in [0.1, 0.15) is 5.75 Å². The lowest BCUT2D eigenvalue weighted by Crippen LogP contribution is -2.22. The van der Waals surface area contributed by atoms with Crippen LogP contribution in [-0.2, 0) is 4.79 Å². The molecule has 0 unspecified atom stereocenters. The fourth-order valence-corrected chi connectivity index (χ4v) is 1.64. The van der Waals surface area contributed by atoms with Crippen molar-refractivity contribution >= 4 is 11.7 Å². The second-order valence-electron chi connectivity index (χ2n) is 4.35. The molecule has 1 N–H and O–H groups in total. The molecule has 0 aliphatic carbocycles. The minimum absolute atomic E-state index is 0.134. The molecule has 0 aliphatic heterocycles. The Morgan fingerprint density at radius 3 is 2.55 bits per heavy atom. The average Bonchev–Trinajstić information content (AvgIpc) is 2.50. The highest BCUT2D eigenvalue weighted by Gasteiger charge is 2.02. The van der Waals surface area contributed by atoms with Gasteiger partial charge in [0, 0.05) is 18.5 Å². The lowest BCUT2D eigenvalue weighted by Gasteiger charge is -2.07. The van der Waals surface area contributed by atoms with Crippen molar-refractivity contribution < 1.29 is 14.3 Å². The number of amides is 1. The van der Waals surface area contributed by atoms with Crippen LogP contribution >= 0.6 is 0 Å². The summed E-state index contributed by atoms with van der Waals surface area (Å²) in [4.78, 5) is 22.3. The van der Waals surface area contributed by atoms with Crippen LogP contribution in [0.25, 0.3) is 0 Å². The average molecular weight is 275 g/mol. The third-order valence-corrected chi connectivity index (χ3v) is 2.82. The number of hydrogen-bond acceptors (Lipinski definition) is 3. The lowest BCUT2D eigenvalue weighted by molar-refractivity contribution is -0.116. The van der Waals surface area contributed by atoms with Crippen molar-refractivity contribution in [3.05, 3.63) is 42.5 Å². The van der Waals surface area contributed by atoms with Crippen molar-refractivity contribution in [2.24, 2.45) is 0 Å². The summed E-state index contributed by atoms with van der Waals surface area (Å²) in [7, 11) is 0. The standard InChI is InChI=1S/C16H21NO3/c1-3-15(18)13-7-9-14(10-8-13)20-12-6-5-11-17-16(19)4-2/h4,7-10H,2-3,5-6,11-12H2,1H3,(H,17,19). The van der Waals surface area contributed by atoms with Crippen molar-refractivity contribution in [3.8, 4) is 5.75 Å². The maximum Gasteiger partial charge on any atom is 0.243 e. The van der Waals surface area contributed by atoms with Crippen molar-refractivity contribution in [3.63, 3.8) is 0 Å². The van der Waals surface area contributed by atoms with E-state index in [1.807, 2.05) is 19.1 Å². The van der Waals surface area contributed by atoms with Gasteiger partial charge in [0.15, 0.2) is 5.78 Å². The number of Topliss-reactive ketones (excluding diaryl/α,β-unsaturated/α-hetero) is 1. The van der Waals surface area contributed by atoms with Crippen molar-refractivity contribution in [1.29, 1.82) is 0 Å². The van der Waals surface area contributed by atoms with E-state index >= 15 is 0 Å². The first-order valence-electron chi connectivity index (χ1n) is 6.83. The molecule has 0 saturated carbocycles. The summed E-state index contributed by atoms with van der Waals surface area (Å²) in [6.07, 6.45) is 3.48. The molecule has 0 heterocycles. The number of carbonyl (C=O) groups excluding carboxylic acids is 2. The van der Waals surface area contributed by atoms with Crippen molar-refractivity contribution in [2.45, 2.75) is 26.2 Å². The van der Waals surface area contributed by atoms with E-state index < -0.39 is 0 Å². The van der Waals surface area contributed by atoms with Gasteiger partial charge < -0.3 is 10.1 Å². The Bertz CT molecular complexity index is 451. The van der Waals surface area contributed by atoms with Crippen LogP contribution in [0.15, 0.2) is 36.9 Å². The number of ketones is 1. The largest absolute Gasteiger partial charge is 0.494 e. The molecule has 0 aromatic heterocycles. The highest BCUT2D eigenvalue weighted by atomic mass is 16.5. The predicted molar refractivity (Wildman–Crippen MR) is 79.0 cm³/mol. The first kappa shape index (κ1) is 16.0. The molecule has 0 aliphatic rings. The zero-order chi connectivity index (χ0) is 14.8. The Morgan fingerprint density at radius 1 is 1.25 bits per heavy atom. The summed E-state index contributed by atoms with van der Waals surface area (Å²) < 4.78 is 5.56. The molecule has 1 aromatic carbocycles. The van der Waals surface area contributed by atoms with Crippen LogP contribution in [0.5, 0.6) is 5.75 Å². The third kappa shape index (κ3) is 5.69. The topological polar surface area (TPSA) is 55.4 Å². The molecule has 4 heteroatoms. The molecule has 0 atom stereocenters. The Kier molecular flexibility index (Phi) is 7.11. The second-order valence-corrected chi connectivity index (χ2v) is 4.35. The van der Waals surface area contributed by atoms with Crippen LogP contribution in [-0.4, -0.2) is 24.8 Å². The summed E-state index contributed by atoms with van der Waals surface area (Å²) in [6, 6.07) is 7.18. The normalized spacial score (nSPS) is 9.85. The Balaban J connectivity index is 2.20. The first-order chi connectivity index (χ1) is 9.67. The van der Waals surface area contributed by atoms with E-state index in [1.54, 1.807) is 12.1 Å². The Morgan fingerprint density at radius 2 is 1.95 bits per heavy atom. The van der Waals surface area contributed by atoms with Gasteiger partial charge in [-0.05, 0) is 43.2 Å². The second kappa shape index (κ2) is 8.91. The maximum atomic E-state index is 11.5. The van der Waals surface area contributed by atoms with Crippen LogP contribution in [0.1, 0.15) is 36.5 Å². The third-order valence-electron chi connectivity index (χ3n) is 2.82. The minimum Gasteiger partial charge on any atom is -0.494 e. The molecule has 4 nitrogen and oxygen atoms in total. The summed E-state index contributed by atoms with van der Waals surface area (Å²) in [6.45, 7) is 6.44. The van der Waals surface area contributed by atoms with Crippen LogP contribution < -0.4 is 10.1 Å². The van der Waals surface area contributed by atoms with E-state index in [4.69, 9.17) is 4.74 Å². The van der Waals surface area contributed by atoms with Gasteiger partial charge in [-0.1, -0.05) is 13.5 Å². The molecule has 0 radical (unpaired) electrons. The molecule has 0 bridgehead atoms. The molecule has 0 spiro atoms. The highest BCUT2D eigenvalue weighted by molar-refractivity contribution is 5.95. The van der Waals surface area contributed by atoms with E-state index in [2.05, 4.69) is 11.9 Å². The number of benzene rings is 1. The summed E-state index contributed by atoms with van der Waals surface area (Å²) in [5.74, 6) is 0.740. The number of ether oxygens (including phenoxy) is 1. The number of hydrogen-bond donors (Lipinski definition) is 1. The lowest BCUT2D eigenvalue weighted by atomic mass is 10.1. The summed E-state index contributed by atoms with van der Waals surface area (Å²) in [5, 5.41) is 2.71. The summed E-state index contributed by atoms with van der Waals surface area (Å²) >= 11 is 0. The number of carbonyl (C=O) groups is 2. The van der Waals surface area contributed by atoms with Crippen molar-refractivity contribution in [2.75, 3.05) is 13.2 Å². The molecular formula is C16H21NO3. The fourth-order valence-electron chi connectivity index (χ4n) is 1.64. The van der Waals surface area contributed by atoms with Gasteiger partial charge in [-0.25, -0.2) is 0 Å². The van der Waals surface area contributed by atoms with Gasteiger partial charge >= 0.3 is 0 Å². The van der Waals surface area contributed by atoms with E-state index in [9.17, 15) is 9.59 Å². The highest BCUT2D eigenvalue weighted by Crippen LogP contribution is 2.13. The number of rotatable bonds is 9. The molecule has 0 saturated heterocycles. The van der Waals surface area contributed by atoms with Crippen molar-refractivity contribution in [1.82, 2.24) is 5.32 Å². The molecule has 108 valence electrons. The van der Waals surface area contributed by atoms with Crippen LogP contribution in [0, 0.1) is 0 Å². The van der Waals surface area contributed by atoms with E-state index in [0.29, 0.717) is 25.1 Å². The number of unbranched alkanes of at least 4 members (excludes halogenated alkanes) is 1. The zero-order valence-electron chi connectivity index (χ0n) is 11.9. The summed E-state index contributed by atoms with van der Waals surface area (Å²) in [5.41, 5.74) is 0.715. The van der Waals surface area contributed by atoms with Gasteiger partial charge in [-0.2, -0.15) is 0 Å². The van der Waals surface area contributed by atoms with Gasteiger partial charge in [-0.3, -0.25) is 9.59 Å². The first-order valence-corrected chi connectivity index (χ1v) is 6.83. The number of nitrogens with one attached hydrogen (secondary N) is 1. The van der Waals surface area contributed by atoms with Crippen LogP contribution in [0.3, 0.4) is 0 Å². The van der Waals surface area contributed by atoms with E-state index in [1.165, 1.54) is 6.08 Å². The molecule has 0 fully saturated rings. The van der Waals surface area contributed by atoms with Gasteiger partial charge in [0.25, 0.3) is 0 Å². The molecule has 1 aromatic rings. The molecule has 20 heavy (non-hydrogen) atoms. The van der Waals surface area contributed by atoms with Crippen LogP contribution in [0.4, 0.5) is 0 Å². The van der Waals surface area contributed by atoms with Gasteiger partial charge in [0.05, 0.1) is 6.61 Å². The molecular weight excluding hydrogens is 254 g/mol. The van der Waals surface area contributed by atoms with Gasteiger partial charge in [0.2, 0.25) is 5.91 Å². The quantitative estimate of drug-likeness (QED) is 0.428. The Hall–Kier alpha value is -2.10. The predicted octanol–water partition coefficient (Wildman–Crippen LogP) is 2.74. The Labute approximate surface area is 119 Å². The van der Waals surface area contributed by atoms with Crippen LogP contribution in [0.2, 0.25) is 0 Å². The monoisotopic (exact) mass is 275 g/mol. The van der Waals surface area contributed by atoms with E-state index in [0.717, 1.165) is 18.6 Å². The van der Waals surface area contributed by atoms with Gasteiger partial charge in [-0.15, -0.1) is 0 Å². The SMILES string of the molecule is C=CC(=O)NCCCCOc1ccc(C(=O)CC)cc1. The molecule has 1 amide bonds. The molecule has 1 rings (SSSR count). The fraction of sp³-hybridized carbons (Fsp3) is 0.375. The smallest absolute Gasteiger partial charge is 0.243 e. The van der Waals surface area contributed by atoms with E-state index in [-0.39, 0.29) is 11.7 Å². The zero-order valence-corrected chi connectivity index (χ0v) is 11.9. The maximum absolute atomic E-state index is 11.5.